The van der Waals surface area contributed by atoms with Gasteiger partial charge in [0.1, 0.15) is 17.1 Å². The lowest BCUT2D eigenvalue weighted by Crippen LogP contribution is -2.53. The second-order valence-electron chi connectivity index (χ2n) is 7.41. The molecular formula is C21H28BNO8. The smallest absolute Gasteiger partial charge is 0.534 e. The van der Waals surface area contributed by atoms with Gasteiger partial charge in [-0.25, -0.2) is 4.79 Å². The Morgan fingerprint density at radius 2 is 1.90 bits per heavy atom. The summed E-state index contributed by atoms with van der Waals surface area (Å²) in [5.74, 6) is -2.48. The number of benzene rings is 1. The first-order valence-corrected chi connectivity index (χ1v) is 10.4. The minimum Gasteiger partial charge on any atom is -0.534 e. The zero-order valence-corrected chi connectivity index (χ0v) is 18.0. The topological polar surface area (TPSA) is 128 Å². The van der Waals surface area contributed by atoms with Crippen LogP contribution in [-0.2, 0) is 30.3 Å². The molecular weight excluding hydrogens is 405 g/mol. The highest BCUT2D eigenvalue weighted by Crippen LogP contribution is 2.30. The van der Waals surface area contributed by atoms with Crippen LogP contribution < -0.4 is 9.97 Å². The maximum atomic E-state index is 12.4. The molecule has 2 rings (SSSR count). The van der Waals surface area contributed by atoms with E-state index in [1.54, 1.807) is 12.1 Å². The van der Waals surface area contributed by atoms with E-state index in [0.29, 0.717) is 18.4 Å². The highest BCUT2D eigenvalue weighted by Gasteiger charge is 2.37. The van der Waals surface area contributed by atoms with Gasteiger partial charge >= 0.3 is 19.1 Å². The van der Waals surface area contributed by atoms with Gasteiger partial charge in [0, 0.05) is 12.8 Å². The van der Waals surface area contributed by atoms with Gasteiger partial charge in [-0.2, -0.15) is 0 Å². The molecule has 0 bridgehead atoms. The number of hydrogen-bond acceptors (Lipinski definition) is 8. The van der Waals surface area contributed by atoms with Crippen LogP contribution in [0.5, 0.6) is 5.75 Å². The molecule has 1 aromatic rings. The number of esters is 2. The van der Waals surface area contributed by atoms with Crippen molar-refractivity contribution >= 4 is 30.7 Å². The van der Waals surface area contributed by atoms with E-state index < -0.39 is 31.8 Å². The summed E-state index contributed by atoms with van der Waals surface area (Å²) in [6.45, 7) is 4.63. The molecule has 2 N–H and O–H groups in total. The summed E-state index contributed by atoms with van der Waals surface area (Å²) in [4.78, 5) is 47.3. The summed E-state index contributed by atoms with van der Waals surface area (Å²) >= 11 is 0. The summed E-state index contributed by atoms with van der Waals surface area (Å²) in [6.07, 6.45) is 1.63. The van der Waals surface area contributed by atoms with E-state index in [2.05, 4.69) is 5.32 Å². The fourth-order valence-electron chi connectivity index (χ4n) is 3.24. The van der Waals surface area contributed by atoms with E-state index in [1.807, 2.05) is 13.8 Å². The average molecular weight is 433 g/mol. The van der Waals surface area contributed by atoms with Crippen molar-refractivity contribution < 1.29 is 38.3 Å². The Morgan fingerprint density at radius 1 is 1.19 bits per heavy atom. The number of amides is 1. The fourth-order valence-corrected chi connectivity index (χ4v) is 3.24. The maximum Gasteiger partial charge on any atom is 0.547 e. The zero-order valence-electron chi connectivity index (χ0n) is 18.0. The largest absolute Gasteiger partial charge is 0.547 e. The second kappa shape index (κ2) is 11.5. The van der Waals surface area contributed by atoms with Crippen molar-refractivity contribution in [3.05, 3.63) is 29.3 Å². The lowest BCUT2D eigenvalue weighted by Gasteiger charge is -2.29. The van der Waals surface area contributed by atoms with E-state index in [4.69, 9.17) is 14.1 Å². The van der Waals surface area contributed by atoms with Crippen molar-refractivity contribution in [2.24, 2.45) is 5.92 Å². The molecule has 0 radical (unpaired) electrons. The lowest BCUT2D eigenvalue weighted by atomic mass is 9.72. The predicted molar refractivity (Wildman–Crippen MR) is 111 cm³/mol. The molecule has 0 saturated carbocycles. The molecule has 1 heterocycles. The Hall–Kier alpha value is -2.88. The number of carbonyl (C=O) groups is 4. The number of rotatable bonds is 10. The molecule has 1 aromatic carbocycles. The van der Waals surface area contributed by atoms with Crippen LogP contribution in [0, 0.1) is 5.92 Å². The molecule has 168 valence electrons. The zero-order chi connectivity index (χ0) is 23.0. The van der Waals surface area contributed by atoms with Crippen molar-refractivity contribution in [1.29, 1.82) is 0 Å². The summed E-state index contributed by atoms with van der Waals surface area (Å²) in [7, 11) is -1.38. The van der Waals surface area contributed by atoms with Crippen LogP contribution in [-0.4, -0.2) is 48.5 Å². The monoisotopic (exact) mass is 433 g/mol. The van der Waals surface area contributed by atoms with Crippen LogP contribution in [0.3, 0.4) is 0 Å². The van der Waals surface area contributed by atoms with Crippen molar-refractivity contribution in [3.63, 3.8) is 0 Å². The SMILES string of the molecule is CCC(CC)C(=O)OCOC(=O)c1cccc2c1OB(O)[C@@H](NC(=O)CCC(C)=O)C2. The first kappa shape index (κ1) is 24.4. The Balaban J connectivity index is 1.99. The van der Waals surface area contributed by atoms with Crippen LogP contribution in [0.4, 0.5) is 0 Å². The quantitative estimate of drug-likeness (QED) is 0.324. The van der Waals surface area contributed by atoms with E-state index in [9.17, 15) is 24.2 Å². The molecule has 31 heavy (non-hydrogen) atoms. The number of ether oxygens (including phenoxy) is 2. The second-order valence-corrected chi connectivity index (χ2v) is 7.41. The highest BCUT2D eigenvalue weighted by atomic mass is 16.7. The third-order valence-electron chi connectivity index (χ3n) is 5.10. The van der Waals surface area contributed by atoms with E-state index in [0.717, 1.165) is 0 Å². The molecule has 9 nitrogen and oxygen atoms in total. The number of carbonyl (C=O) groups excluding carboxylic acids is 4. The number of para-hydroxylation sites is 1. The Kier molecular flexibility index (Phi) is 9.05. The van der Waals surface area contributed by atoms with Gasteiger partial charge in [-0.15, -0.1) is 0 Å². The Bertz CT molecular complexity index is 824. The molecule has 0 spiro atoms. The van der Waals surface area contributed by atoms with Crippen molar-refractivity contribution in [2.45, 2.75) is 58.8 Å². The molecule has 1 aliphatic heterocycles. The van der Waals surface area contributed by atoms with Gasteiger partial charge < -0.3 is 29.3 Å². The van der Waals surface area contributed by atoms with Crippen LogP contribution in [0.2, 0.25) is 0 Å². The molecule has 1 atom stereocenters. The van der Waals surface area contributed by atoms with Crippen molar-refractivity contribution in [1.82, 2.24) is 5.32 Å². The third kappa shape index (κ3) is 6.82. The van der Waals surface area contributed by atoms with Gasteiger partial charge in [-0.3, -0.25) is 9.59 Å². The summed E-state index contributed by atoms with van der Waals surface area (Å²) < 4.78 is 15.5. The van der Waals surface area contributed by atoms with Crippen molar-refractivity contribution in [2.75, 3.05) is 6.79 Å². The van der Waals surface area contributed by atoms with Gasteiger partial charge in [0.15, 0.2) is 0 Å². The van der Waals surface area contributed by atoms with Crippen LogP contribution >= 0.6 is 0 Å². The molecule has 0 unspecified atom stereocenters. The van der Waals surface area contributed by atoms with Crippen LogP contribution in [0.25, 0.3) is 0 Å². The normalized spacial score (nSPS) is 15.0. The maximum absolute atomic E-state index is 12.4. The van der Waals surface area contributed by atoms with Gasteiger partial charge in [-0.1, -0.05) is 26.0 Å². The van der Waals surface area contributed by atoms with E-state index in [-0.39, 0.29) is 48.2 Å². The van der Waals surface area contributed by atoms with E-state index in [1.165, 1.54) is 13.0 Å². The number of Topliss-reactive ketones (excluding diaryl/α,β-unsaturated/α-hetero) is 1. The Labute approximate surface area is 181 Å². The number of hydrogen-bond donors (Lipinski definition) is 2. The van der Waals surface area contributed by atoms with Gasteiger partial charge in [0.25, 0.3) is 0 Å². The molecule has 0 fully saturated rings. The first-order chi connectivity index (χ1) is 14.8. The number of ketones is 1. The van der Waals surface area contributed by atoms with Crippen LogP contribution in [0.15, 0.2) is 18.2 Å². The van der Waals surface area contributed by atoms with Gasteiger partial charge in [0.2, 0.25) is 12.7 Å². The summed E-state index contributed by atoms with van der Waals surface area (Å²) in [6, 6.07) is 4.81. The molecule has 0 saturated heterocycles. The van der Waals surface area contributed by atoms with Gasteiger partial charge in [0.05, 0.1) is 11.9 Å². The Morgan fingerprint density at radius 3 is 2.55 bits per heavy atom. The molecule has 10 heteroatoms. The minimum absolute atomic E-state index is 0.0212. The summed E-state index contributed by atoms with van der Waals surface area (Å²) in [5, 5.41) is 12.9. The molecule has 1 amide bonds. The van der Waals surface area contributed by atoms with Crippen LogP contribution in [0.1, 0.15) is 62.4 Å². The van der Waals surface area contributed by atoms with Gasteiger partial charge in [-0.05, 0) is 37.8 Å². The highest BCUT2D eigenvalue weighted by molar-refractivity contribution is 6.47. The third-order valence-corrected chi connectivity index (χ3v) is 5.10. The summed E-state index contributed by atoms with van der Waals surface area (Å²) in [5.41, 5.74) is 0.683. The molecule has 0 aliphatic carbocycles. The minimum atomic E-state index is -1.38. The number of fused-ring (bicyclic) bond motifs is 1. The standard InChI is InChI=1S/C21H28BNO8/c1-4-14(5-2)20(26)29-12-30-21(27)16-8-6-7-15-11-17(22(28)31-19(15)16)23-18(25)10-9-13(3)24/h6-8,14,17,28H,4-5,9-12H2,1-3H3,(H,23,25)/t17-/m0/s1. The first-order valence-electron chi connectivity index (χ1n) is 10.4. The average Bonchev–Trinajstić information content (AvgIpc) is 2.73. The predicted octanol–water partition coefficient (Wildman–Crippen LogP) is 1.59. The lowest BCUT2D eigenvalue weighted by molar-refractivity contribution is -0.157. The fraction of sp³-hybridized carbons (Fsp3) is 0.524. The van der Waals surface area contributed by atoms with E-state index >= 15 is 0 Å². The molecule has 0 aromatic heterocycles. The number of nitrogens with one attached hydrogen (secondary N) is 1. The molecule has 1 aliphatic rings. The van der Waals surface area contributed by atoms with Crippen molar-refractivity contribution in [3.8, 4) is 5.75 Å².